The molecule has 0 bridgehead atoms. The maximum Gasteiger partial charge on any atom is 0.233 e. The Morgan fingerprint density at radius 3 is 2.19 bits per heavy atom. The fourth-order valence-corrected chi connectivity index (χ4v) is 5.16. The Balaban J connectivity index is 1.50. The van der Waals surface area contributed by atoms with Gasteiger partial charge in [0.1, 0.15) is 0 Å². The van der Waals surface area contributed by atoms with Crippen LogP contribution in [0.25, 0.3) is 0 Å². The van der Waals surface area contributed by atoms with Crippen molar-refractivity contribution >= 4 is 11.8 Å². The van der Waals surface area contributed by atoms with E-state index in [0.29, 0.717) is 12.3 Å². The van der Waals surface area contributed by atoms with Crippen molar-refractivity contribution in [3.63, 3.8) is 0 Å². The molecule has 2 aliphatic heterocycles. The lowest BCUT2D eigenvalue weighted by Crippen LogP contribution is -2.52. The van der Waals surface area contributed by atoms with Crippen LogP contribution < -0.4 is 5.32 Å². The number of amides is 2. The van der Waals surface area contributed by atoms with Gasteiger partial charge in [-0.25, -0.2) is 0 Å². The Morgan fingerprint density at radius 1 is 1.08 bits per heavy atom. The summed E-state index contributed by atoms with van der Waals surface area (Å²) >= 11 is 0. The first-order valence-electron chi connectivity index (χ1n) is 9.91. The minimum atomic E-state index is -0.355. The van der Waals surface area contributed by atoms with E-state index in [9.17, 15) is 9.59 Å². The van der Waals surface area contributed by atoms with Crippen molar-refractivity contribution in [3.8, 4) is 0 Å². The molecule has 1 aromatic carbocycles. The highest BCUT2D eigenvalue weighted by molar-refractivity contribution is 5.93. The van der Waals surface area contributed by atoms with Gasteiger partial charge in [0.2, 0.25) is 11.8 Å². The summed E-state index contributed by atoms with van der Waals surface area (Å²) in [7, 11) is 0. The molecule has 4 heteroatoms. The third-order valence-electron chi connectivity index (χ3n) is 7.30. The van der Waals surface area contributed by atoms with Crippen LogP contribution in [0.5, 0.6) is 0 Å². The summed E-state index contributed by atoms with van der Waals surface area (Å²) < 4.78 is 0. The number of benzene rings is 1. The van der Waals surface area contributed by atoms with Crippen LogP contribution in [0.4, 0.5) is 0 Å². The zero-order valence-electron chi connectivity index (χ0n) is 16.2. The third kappa shape index (κ3) is 2.65. The second-order valence-electron chi connectivity index (χ2n) is 9.40. The quantitative estimate of drug-likeness (QED) is 0.887. The van der Waals surface area contributed by atoms with Gasteiger partial charge >= 0.3 is 0 Å². The van der Waals surface area contributed by atoms with Crippen LogP contribution in [0.15, 0.2) is 24.3 Å². The number of nitrogens with one attached hydrogen (secondary N) is 1. The molecule has 140 valence electrons. The van der Waals surface area contributed by atoms with Crippen molar-refractivity contribution in [1.29, 1.82) is 0 Å². The first kappa shape index (κ1) is 17.6. The molecule has 4 nitrogen and oxygen atoms in total. The lowest BCUT2D eigenvalue weighted by molar-refractivity contribution is -0.138. The SMILES string of the molecule is Cc1ccc(C2(C(=O)N3CCC4(CCC(=O)NC4)CC3)CC2(C)C)cc1. The van der Waals surface area contributed by atoms with Crippen LogP contribution in [0.1, 0.15) is 57.1 Å². The van der Waals surface area contributed by atoms with E-state index < -0.39 is 0 Å². The van der Waals surface area contributed by atoms with Gasteiger partial charge in [0.25, 0.3) is 0 Å². The molecule has 1 aromatic rings. The van der Waals surface area contributed by atoms with E-state index in [2.05, 4.69) is 55.3 Å². The Hall–Kier alpha value is -1.84. The molecule has 1 saturated carbocycles. The summed E-state index contributed by atoms with van der Waals surface area (Å²) in [5, 5.41) is 3.03. The number of carbonyl (C=O) groups excluding carboxylic acids is 2. The van der Waals surface area contributed by atoms with Crippen LogP contribution in [0, 0.1) is 17.8 Å². The Labute approximate surface area is 156 Å². The molecule has 4 rings (SSSR count). The fourth-order valence-electron chi connectivity index (χ4n) is 5.16. The molecule has 2 amide bonds. The predicted octanol–water partition coefficient (Wildman–Crippen LogP) is 3.18. The number of nitrogens with zero attached hydrogens (tertiary/aromatic N) is 1. The van der Waals surface area contributed by atoms with E-state index in [-0.39, 0.29) is 22.2 Å². The lowest BCUT2D eigenvalue weighted by Gasteiger charge is -2.45. The molecule has 3 fully saturated rings. The van der Waals surface area contributed by atoms with E-state index in [1.54, 1.807) is 0 Å². The van der Waals surface area contributed by atoms with Crippen molar-refractivity contribution in [2.45, 2.75) is 58.3 Å². The van der Waals surface area contributed by atoms with Gasteiger partial charge in [-0.15, -0.1) is 0 Å². The van der Waals surface area contributed by atoms with Gasteiger partial charge in [-0.3, -0.25) is 9.59 Å². The molecular weight excluding hydrogens is 324 g/mol. The number of hydrogen-bond donors (Lipinski definition) is 1. The molecule has 1 aliphatic carbocycles. The fraction of sp³-hybridized carbons (Fsp3) is 0.636. The molecule has 1 unspecified atom stereocenters. The maximum atomic E-state index is 13.6. The molecule has 2 heterocycles. The molecule has 0 radical (unpaired) electrons. The van der Waals surface area contributed by atoms with Crippen LogP contribution in [0.3, 0.4) is 0 Å². The molecule has 0 aromatic heterocycles. The number of rotatable bonds is 2. The predicted molar refractivity (Wildman–Crippen MR) is 102 cm³/mol. The Bertz CT molecular complexity index is 717. The summed E-state index contributed by atoms with van der Waals surface area (Å²) in [6, 6.07) is 8.53. The van der Waals surface area contributed by atoms with Gasteiger partial charge in [-0.2, -0.15) is 0 Å². The third-order valence-corrected chi connectivity index (χ3v) is 7.30. The summed E-state index contributed by atoms with van der Waals surface area (Å²) in [6.07, 6.45) is 4.54. The Kier molecular flexibility index (Phi) is 3.94. The molecule has 1 atom stereocenters. The molecular formula is C22H30N2O2. The normalized spacial score (nSPS) is 29.3. The summed E-state index contributed by atoms with van der Waals surface area (Å²) in [5.74, 6) is 0.480. The van der Waals surface area contributed by atoms with Crippen molar-refractivity contribution in [2.75, 3.05) is 19.6 Å². The Morgan fingerprint density at radius 2 is 1.69 bits per heavy atom. The second-order valence-corrected chi connectivity index (χ2v) is 9.40. The van der Waals surface area contributed by atoms with Gasteiger partial charge in [-0.05, 0) is 49.0 Å². The average molecular weight is 354 g/mol. The molecule has 1 N–H and O–H groups in total. The van der Waals surface area contributed by atoms with Gasteiger partial charge in [-0.1, -0.05) is 43.7 Å². The zero-order chi connectivity index (χ0) is 18.6. The molecule has 26 heavy (non-hydrogen) atoms. The summed E-state index contributed by atoms with van der Waals surface area (Å²) in [6.45, 7) is 8.93. The molecule has 2 saturated heterocycles. The number of likely N-dealkylation sites (tertiary alicyclic amines) is 1. The van der Waals surface area contributed by atoms with Crippen LogP contribution in [-0.4, -0.2) is 36.3 Å². The number of carbonyl (C=O) groups is 2. The maximum absolute atomic E-state index is 13.6. The lowest BCUT2D eigenvalue weighted by atomic mass is 9.72. The van der Waals surface area contributed by atoms with Gasteiger partial charge in [0.15, 0.2) is 0 Å². The van der Waals surface area contributed by atoms with E-state index >= 15 is 0 Å². The highest BCUT2D eigenvalue weighted by Gasteiger charge is 2.68. The van der Waals surface area contributed by atoms with Crippen molar-refractivity contribution < 1.29 is 9.59 Å². The van der Waals surface area contributed by atoms with E-state index in [1.165, 1.54) is 11.1 Å². The zero-order valence-corrected chi connectivity index (χ0v) is 16.2. The van der Waals surface area contributed by atoms with Gasteiger partial charge < -0.3 is 10.2 Å². The second kappa shape index (κ2) is 5.83. The topological polar surface area (TPSA) is 49.4 Å². The number of aryl methyl sites for hydroxylation is 1. The van der Waals surface area contributed by atoms with E-state index in [1.807, 2.05) is 0 Å². The number of hydrogen-bond acceptors (Lipinski definition) is 2. The standard InChI is InChI=1S/C22H30N2O2/c1-16-4-6-17(7-5-16)22(14-20(22,2)3)19(26)24-12-10-21(11-13-24)9-8-18(25)23-15-21/h4-7H,8-15H2,1-3H3,(H,23,25). The first-order valence-corrected chi connectivity index (χ1v) is 9.91. The van der Waals surface area contributed by atoms with E-state index in [4.69, 9.17) is 0 Å². The highest BCUT2D eigenvalue weighted by atomic mass is 16.2. The largest absolute Gasteiger partial charge is 0.356 e. The van der Waals surface area contributed by atoms with Gasteiger partial charge in [0.05, 0.1) is 5.41 Å². The van der Waals surface area contributed by atoms with Crippen molar-refractivity contribution in [3.05, 3.63) is 35.4 Å². The monoisotopic (exact) mass is 354 g/mol. The van der Waals surface area contributed by atoms with E-state index in [0.717, 1.165) is 45.3 Å². The summed E-state index contributed by atoms with van der Waals surface area (Å²) in [4.78, 5) is 27.1. The average Bonchev–Trinajstić information content (AvgIpc) is 3.22. The smallest absolute Gasteiger partial charge is 0.233 e. The minimum Gasteiger partial charge on any atom is -0.356 e. The highest BCUT2D eigenvalue weighted by Crippen LogP contribution is 2.65. The van der Waals surface area contributed by atoms with Crippen LogP contribution >= 0.6 is 0 Å². The molecule has 1 spiro atoms. The molecule has 3 aliphatic rings. The summed E-state index contributed by atoms with van der Waals surface area (Å²) in [5.41, 5.74) is 2.28. The van der Waals surface area contributed by atoms with Crippen LogP contribution in [0.2, 0.25) is 0 Å². The van der Waals surface area contributed by atoms with Gasteiger partial charge in [0, 0.05) is 26.1 Å². The van der Waals surface area contributed by atoms with Crippen LogP contribution in [-0.2, 0) is 15.0 Å². The minimum absolute atomic E-state index is 0.0211. The number of piperidine rings is 2. The van der Waals surface area contributed by atoms with Crippen molar-refractivity contribution in [1.82, 2.24) is 10.2 Å². The van der Waals surface area contributed by atoms with Crippen molar-refractivity contribution in [2.24, 2.45) is 10.8 Å². The first-order chi connectivity index (χ1) is 12.3.